The lowest BCUT2D eigenvalue weighted by Gasteiger charge is -2.48. The highest BCUT2D eigenvalue weighted by molar-refractivity contribution is 8.00. The molecule has 2 amide bonds. The highest BCUT2D eigenvalue weighted by Crippen LogP contribution is 2.37. The fraction of sp³-hybridized carbons (Fsp3) is 0.267. The van der Waals surface area contributed by atoms with Crippen molar-refractivity contribution >= 4 is 39.4 Å². The predicted molar refractivity (Wildman–Crippen MR) is 89.2 cm³/mol. The van der Waals surface area contributed by atoms with Crippen molar-refractivity contribution < 1.29 is 27.9 Å². The van der Waals surface area contributed by atoms with E-state index in [0.717, 1.165) is 4.90 Å². The number of carbonyl (C=O) groups is 3. The minimum Gasteiger partial charge on any atom is -0.477 e. The van der Waals surface area contributed by atoms with E-state index in [4.69, 9.17) is 5.11 Å². The maximum absolute atomic E-state index is 12.2. The first-order valence-electron chi connectivity index (χ1n) is 7.26. The Morgan fingerprint density at radius 2 is 1.96 bits per heavy atom. The number of nitrogens with one attached hydrogen (secondary N) is 1. The van der Waals surface area contributed by atoms with Gasteiger partial charge < -0.3 is 10.4 Å². The van der Waals surface area contributed by atoms with Crippen LogP contribution in [0.4, 0.5) is 0 Å². The quantitative estimate of drug-likeness (QED) is 0.678. The number of fused-ring (bicyclic) bond motifs is 1. The van der Waals surface area contributed by atoms with E-state index in [1.165, 1.54) is 30.0 Å². The van der Waals surface area contributed by atoms with Crippen LogP contribution >= 0.6 is 11.8 Å². The second-order valence-electron chi connectivity index (χ2n) is 5.44. The molecule has 2 aliphatic rings. The van der Waals surface area contributed by atoms with Gasteiger partial charge in [-0.15, -0.1) is 11.8 Å². The largest absolute Gasteiger partial charge is 0.477 e. The lowest BCUT2D eigenvalue weighted by atomic mass is 10.1. The molecule has 0 spiro atoms. The van der Waals surface area contributed by atoms with Gasteiger partial charge in [0.1, 0.15) is 22.9 Å². The summed E-state index contributed by atoms with van der Waals surface area (Å²) < 4.78 is 24.4. The molecular formula is C15H14N2O6S2. The first-order chi connectivity index (χ1) is 11.8. The SMILES string of the molecule is O=C(CS(=O)(=O)c1ccccc1)NC1C(=O)N2C(C(=O)O)=CCS[C@H]12. The van der Waals surface area contributed by atoms with Gasteiger partial charge in [0.2, 0.25) is 5.91 Å². The highest BCUT2D eigenvalue weighted by Gasteiger charge is 2.52. The average molecular weight is 382 g/mol. The molecule has 1 unspecified atom stereocenters. The summed E-state index contributed by atoms with van der Waals surface area (Å²) in [6.07, 6.45) is 1.43. The standard InChI is InChI=1S/C15H14N2O6S2/c18-11(8-25(22,23)9-4-2-1-3-5-9)16-12-13(19)17-10(15(20)21)6-7-24-14(12)17/h1-6,12,14H,7-8H2,(H,16,18)(H,20,21)/t12?,14-/m1/s1. The van der Waals surface area contributed by atoms with Crippen LogP contribution in [0.15, 0.2) is 47.0 Å². The third-order valence-electron chi connectivity index (χ3n) is 3.81. The average Bonchev–Trinajstić information content (AvgIpc) is 2.59. The normalized spacial score (nSPS) is 22.5. The van der Waals surface area contributed by atoms with E-state index in [-0.39, 0.29) is 10.6 Å². The Balaban J connectivity index is 1.66. The van der Waals surface area contributed by atoms with E-state index < -0.39 is 44.8 Å². The first-order valence-corrected chi connectivity index (χ1v) is 9.96. The minimum atomic E-state index is -3.81. The lowest BCUT2D eigenvalue weighted by molar-refractivity contribution is -0.150. The van der Waals surface area contributed by atoms with Crippen LogP contribution in [-0.4, -0.2) is 59.1 Å². The summed E-state index contributed by atoms with van der Waals surface area (Å²) in [5, 5.41) is 11.0. The number of carboxylic acid groups (broad SMARTS) is 1. The Kier molecular flexibility index (Phi) is 4.56. The molecule has 2 heterocycles. The fourth-order valence-corrected chi connectivity index (χ4v) is 5.00. The number of nitrogens with zero attached hydrogens (tertiary/aromatic N) is 1. The molecule has 25 heavy (non-hydrogen) atoms. The second-order valence-corrected chi connectivity index (χ2v) is 8.58. The van der Waals surface area contributed by atoms with Crippen molar-refractivity contribution in [1.82, 2.24) is 10.2 Å². The summed E-state index contributed by atoms with van der Waals surface area (Å²) >= 11 is 1.30. The van der Waals surface area contributed by atoms with Crippen LogP contribution < -0.4 is 5.32 Å². The maximum atomic E-state index is 12.2. The summed E-state index contributed by atoms with van der Waals surface area (Å²) in [6, 6.07) is 6.62. The molecule has 1 fully saturated rings. The van der Waals surface area contributed by atoms with E-state index in [1.807, 2.05) is 0 Å². The van der Waals surface area contributed by atoms with Crippen LogP contribution in [0.1, 0.15) is 0 Å². The number of rotatable bonds is 5. The summed E-state index contributed by atoms with van der Waals surface area (Å²) in [6.45, 7) is 0. The molecule has 10 heteroatoms. The molecular weight excluding hydrogens is 368 g/mol. The van der Waals surface area contributed by atoms with Crippen molar-refractivity contribution in [3.05, 3.63) is 42.1 Å². The minimum absolute atomic E-state index is 0.0230. The van der Waals surface area contributed by atoms with Crippen molar-refractivity contribution in [1.29, 1.82) is 0 Å². The zero-order valence-corrected chi connectivity index (χ0v) is 14.4. The van der Waals surface area contributed by atoms with Gasteiger partial charge in [0.15, 0.2) is 9.84 Å². The molecule has 0 bridgehead atoms. The van der Waals surface area contributed by atoms with Crippen molar-refractivity contribution in [2.75, 3.05) is 11.5 Å². The van der Waals surface area contributed by atoms with Crippen molar-refractivity contribution in [3.8, 4) is 0 Å². The van der Waals surface area contributed by atoms with Gasteiger partial charge in [-0.1, -0.05) is 18.2 Å². The topological polar surface area (TPSA) is 121 Å². The monoisotopic (exact) mass is 382 g/mol. The number of carboxylic acids is 1. The van der Waals surface area contributed by atoms with Gasteiger partial charge in [-0.05, 0) is 18.2 Å². The molecule has 1 aromatic carbocycles. The van der Waals surface area contributed by atoms with Gasteiger partial charge in [0.25, 0.3) is 5.91 Å². The number of benzene rings is 1. The van der Waals surface area contributed by atoms with E-state index in [1.54, 1.807) is 18.2 Å². The molecule has 1 aromatic rings. The van der Waals surface area contributed by atoms with Gasteiger partial charge in [0, 0.05) is 5.75 Å². The van der Waals surface area contributed by atoms with E-state index in [0.29, 0.717) is 5.75 Å². The summed E-state index contributed by atoms with van der Waals surface area (Å²) in [5.74, 6) is -2.95. The number of hydrogen-bond acceptors (Lipinski definition) is 6. The van der Waals surface area contributed by atoms with E-state index in [2.05, 4.69) is 5.32 Å². The molecule has 3 rings (SSSR count). The highest BCUT2D eigenvalue weighted by atomic mass is 32.2. The van der Waals surface area contributed by atoms with Gasteiger partial charge in [-0.25, -0.2) is 13.2 Å². The third kappa shape index (κ3) is 3.27. The number of β-lactam (4-membered cyclic amide) rings is 1. The number of amides is 2. The molecule has 0 aliphatic carbocycles. The smallest absolute Gasteiger partial charge is 0.352 e. The summed E-state index contributed by atoms with van der Waals surface area (Å²) in [7, 11) is -3.81. The van der Waals surface area contributed by atoms with Crippen LogP contribution in [0.3, 0.4) is 0 Å². The lowest BCUT2D eigenvalue weighted by Crippen LogP contribution is -2.70. The molecule has 0 saturated carbocycles. The maximum Gasteiger partial charge on any atom is 0.352 e. The molecule has 2 atom stereocenters. The number of carbonyl (C=O) groups excluding carboxylic acids is 2. The van der Waals surface area contributed by atoms with Crippen molar-refractivity contribution in [2.24, 2.45) is 0 Å². The Morgan fingerprint density at radius 3 is 2.60 bits per heavy atom. The molecule has 1 saturated heterocycles. The molecule has 8 nitrogen and oxygen atoms in total. The van der Waals surface area contributed by atoms with E-state index in [9.17, 15) is 22.8 Å². The predicted octanol–water partition coefficient (Wildman–Crippen LogP) is -0.171. The first kappa shape index (κ1) is 17.5. The summed E-state index contributed by atoms with van der Waals surface area (Å²) in [5.41, 5.74) is -0.115. The molecule has 0 aromatic heterocycles. The van der Waals surface area contributed by atoms with Gasteiger partial charge in [-0.2, -0.15) is 0 Å². The molecule has 2 N–H and O–H groups in total. The van der Waals surface area contributed by atoms with Crippen LogP contribution in [0.2, 0.25) is 0 Å². The molecule has 2 aliphatic heterocycles. The number of hydrogen-bond donors (Lipinski definition) is 2. The van der Waals surface area contributed by atoms with E-state index >= 15 is 0 Å². The molecule has 132 valence electrons. The Labute approximate surface area is 147 Å². The Morgan fingerprint density at radius 1 is 1.28 bits per heavy atom. The number of aliphatic carboxylic acids is 1. The van der Waals surface area contributed by atoms with Crippen molar-refractivity contribution in [3.63, 3.8) is 0 Å². The van der Waals surface area contributed by atoms with Gasteiger partial charge in [0.05, 0.1) is 4.90 Å². The van der Waals surface area contributed by atoms with Crippen LogP contribution in [0.25, 0.3) is 0 Å². The van der Waals surface area contributed by atoms with Crippen LogP contribution in [0, 0.1) is 0 Å². The van der Waals surface area contributed by atoms with Gasteiger partial charge in [-0.3, -0.25) is 14.5 Å². The van der Waals surface area contributed by atoms with Gasteiger partial charge >= 0.3 is 5.97 Å². The van der Waals surface area contributed by atoms with Crippen LogP contribution in [0.5, 0.6) is 0 Å². The number of sulfone groups is 1. The zero-order valence-electron chi connectivity index (χ0n) is 12.8. The number of thioether (sulfide) groups is 1. The Hall–Kier alpha value is -2.33. The van der Waals surface area contributed by atoms with Crippen molar-refractivity contribution in [2.45, 2.75) is 16.3 Å². The van der Waals surface area contributed by atoms with Crippen LogP contribution in [-0.2, 0) is 24.2 Å². The Bertz CT molecular complexity index is 865. The molecule has 0 radical (unpaired) electrons. The zero-order chi connectivity index (χ0) is 18.2. The fourth-order valence-electron chi connectivity index (χ4n) is 2.64. The second kappa shape index (κ2) is 6.52. The summed E-state index contributed by atoms with van der Waals surface area (Å²) in [4.78, 5) is 36.4. The third-order valence-corrected chi connectivity index (χ3v) is 6.62.